The van der Waals surface area contributed by atoms with Crippen LogP contribution in [0.4, 0.5) is 5.13 Å². The van der Waals surface area contributed by atoms with Crippen LogP contribution >= 0.6 is 11.3 Å². The Balaban J connectivity index is 1.44. The van der Waals surface area contributed by atoms with E-state index in [1.54, 1.807) is 0 Å². The van der Waals surface area contributed by atoms with Gasteiger partial charge in [-0.3, -0.25) is 4.79 Å². The summed E-state index contributed by atoms with van der Waals surface area (Å²) in [5.41, 5.74) is 1.77. The molecule has 2 aliphatic rings. The maximum atomic E-state index is 12.1. The first-order chi connectivity index (χ1) is 11.3. The van der Waals surface area contributed by atoms with Gasteiger partial charge < -0.3 is 14.8 Å². The van der Waals surface area contributed by atoms with Gasteiger partial charge in [-0.2, -0.15) is 0 Å². The van der Waals surface area contributed by atoms with E-state index in [4.69, 9.17) is 9.47 Å². The number of nitrogens with one attached hydrogen (secondary N) is 1. The second-order valence-corrected chi connectivity index (χ2v) is 6.48. The number of aromatic nitrogens is 1. The smallest absolute Gasteiger partial charge is 0.231 e. The second-order valence-electron chi connectivity index (χ2n) is 5.62. The lowest BCUT2D eigenvalue weighted by Gasteiger charge is -2.06. The number of allylic oxidation sites excluding steroid dienone is 2. The fourth-order valence-electron chi connectivity index (χ4n) is 2.79. The van der Waals surface area contributed by atoms with E-state index in [1.165, 1.54) is 11.3 Å². The third kappa shape index (κ3) is 3.07. The number of fused-ring (bicyclic) bond motifs is 1. The van der Waals surface area contributed by atoms with Crippen LogP contribution in [0.5, 0.6) is 11.5 Å². The quantitative estimate of drug-likeness (QED) is 0.867. The van der Waals surface area contributed by atoms with Gasteiger partial charge in [0, 0.05) is 17.4 Å². The van der Waals surface area contributed by atoms with Gasteiger partial charge in [-0.25, -0.2) is 4.98 Å². The minimum Gasteiger partial charge on any atom is -0.454 e. The van der Waals surface area contributed by atoms with Crippen molar-refractivity contribution in [3.8, 4) is 22.8 Å². The molecule has 1 N–H and O–H groups in total. The lowest BCUT2D eigenvalue weighted by molar-refractivity contribution is -0.116. The monoisotopic (exact) mass is 328 g/mol. The van der Waals surface area contributed by atoms with E-state index in [-0.39, 0.29) is 12.7 Å². The summed E-state index contributed by atoms with van der Waals surface area (Å²) in [6.07, 6.45) is 6.92. The van der Waals surface area contributed by atoms with Gasteiger partial charge in [-0.1, -0.05) is 12.2 Å². The minimum absolute atomic E-state index is 0.0214. The van der Waals surface area contributed by atoms with Crippen molar-refractivity contribution in [1.29, 1.82) is 0 Å². The number of hydrogen-bond acceptors (Lipinski definition) is 5. The Labute approximate surface area is 138 Å². The van der Waals surface area contributed by atoms with Crippen LogP contribution in [0.25, 0.3) is 11.3 Å². The molecule has 0 unspecified atom stereocenters. The molecule has 0 bridgehead atoms. The Morgan fingerprint density at radius 3 is 3.13 bits per heavy atom. The number of benzene rings is 1. The fraction of sp³-hybridized carbons (Fsp3) is 0.294. The highest BCUT2D eigenvalue weighted by Crippen LogP contribution is 2.36. The van der Waals surface area contributed by atoms with Gasteiger partial charge in [0.25, 0.3) is 0 Å². The zero-order valence-electron chi connectivity index (χ0n) is 12.5. The summed E-state index contributed by atoms with van der Waals surface area (Å²) in [5, 5.41) is 5.45. The van der Waals surface area contributed by atoms with Crippen LogP contribution in [-0.4, -0.2) is 17.7 Å². The highest BCUT2D eigenvalue weighted by Gasteiger charge is 2.17. The first-order valence-electron chi connectivity index (χ1n) is 7.60. The molecule has 0 fully saturated rings. The molecule has 23 heavy (non-hydrogen) atoms. The third-order valence-corrected chi connectivity index (χ3v) is 4.74. The Hall–Kier alpha value is -2.34. The maximum Gasteiger partial charge on any atom is 0.231 e. The topological polar surface area (TPSA) is 60.5 Å². The molecular formula is C17H16N2O3S. The predicted octanol–water partition coefficient (Wildman–Crippen LogP) is 3.83. The van der Waals surface area contributed by atoms with Crippen molar-refractivity contribution in [2.75, 3.05) is 12.1 Å². The SMILES string of the molecule is O=C(C[C@@H]1C=CCC1)Nc1nc(-c2ccc3c(c2)OCO3)cs1. The number of ether oxygens (including phenoxy) is 2. The summed E-state index contributed by atoms with van der Waals surface area (Å²) in [5.74, 6) is 1.87. The molecule has 0 saturated heterocycles. The van der Waals surface area contributed by atoms with E-state index < -0.39 is 0 Å². The Morgan fingerprint density at radius 2 is 2.26 bits per heavy atom. The number of carbonyl (C=O) groups excluding carboxylic acids is 1. The van der Waals surface area contributed by atoms with Crippen molar-refractivity contribution in [2.24, 2.45) is 5.92 Å². The first kappa shape index (κ1) is 14.3. The van der Waals surface area contributed by atoms with E-state index in [0.29, 0.717) is 17.5 Å². The van der Waals surface area contributed by atoms with Crippen LogP contribution in [0.1, 0.15) is 19.3 Å². The number of amides is 1. The minimum atomic E-state index is 0.0214. The molecule has 1 aromatic heterocycles. The van der Waals surface area contributed by atoms with Crippen LogP contribution in [0.15, 0.2) is 35.7 Å². The van der Waals surface area contributed by atoms with Crippen molar-refractivity contribution < 1.29 is 14.3 Å². The molecular weight excluding hydrogens is 312 g/mol. The maximum absolute atomic E-state index is 12.1. The van der Waals surface area contributed by atoms with Gasteiger partial charge in [-0.05, 0) is 37.0 Å². The second kappa shape index (κ2) is 6.04. The van der Waals surface area contributed by atoms with E-state index in [1.807, 2.05) is 23.6 Å². The largest absolute Gasteiger partial charge is 0.454 e. The summed E-state index contributed by atoms with van der Waals surface area (Å²) in [6, 6.07) is 5.73. The van der Waals surface area contributed by atoms with Gasteiger partial charge in [0.05, 0.1) is 5.69 Å². The summed E-state index contributed by atoms with van der Waals surface area (Å²) < 4.78 is 10.7. The lowest BCUT2D eigenvalue weighted by atomic mass is 10.1. The lowest BCUT2D eigenvalue weighted by Crippen LogP contribution is -2.14. The van der Waals surface area contributed by atoms with E-state index in [2.05, 4.69) is 22.5 Å². The molecule has 0 spiro atoms. The van der Waals surface area contributed by atoms with Crippen LogP contribution in [0.3, 0.4) is 0 Å². The molecule has 0 saturated carbocycles. The van der Waals surface area contributed by atoms with Crippen molar-refractivity contribution in [3.63, 3.8) is 0 Å². The summed E-state index contributed by atoms with van der Waals surface area (Å²) in [6.45, 7) is 0.257. The zero-order valence-corrected chi connectivity index (χ0v) is 13.3. The average Bonchev–Trinajstić information content (AvgIpc) is 3.27. The standard InChI is InChI=1S/C17H16N2O3S/c20-16(7-11-3-1-2-4-11)19-17-18-13(9-23-17)12-5-6-14-15(8-12)22-10-21-14/h1,3,5-6,8-9,11H,2,4,7,10H2,(H,18,19,20)/t11-/m1/s1. The van der Waals surface area contributed by atoms with Crippen LogP contribution in [0.2, 0.25) is 0 Å². The van der Waals surface area contributed by atoms with Crippen molar-refractivity contribution in [2.45, 2.75) is 19.3 Å². The molecule has 5 nitrogen and oxygen atoms in total. The number of hydrogen-bond donors (Lipinski definition) is 1. The molecule has 1 amide bonds. The Bertz CT molecular complexity index is 769. The van der Waals surface area contributed by atoms with Gasteiger partial charge >= 0.3 is 0 Å². The van der Waals surface area contributed by atoms with Crippen molar-refractivity contribution in [3.05, 3.63) is 35.7 Å². The molecule has 0 radical (unpaired) electrons. The molecule has 1 aliphatic carbocycles. The third-order valence-electron chi connectivity index (χ3n) is 3.98. The summed E-state index contributed by atoms with van der Waals surface area (Å²) in [4.78, 5) is 16.5. The summed E-state index contributed by atoms with van der Waals surface area (Å²) in [7, 11) is 0. The van der Waals surface area contributed by atoms with E-state index >= 15 is 0 Å². The summed E-state index contributed by atoms with van der Waals surface area (Å²) >= 11 is 1.43. The molecule has 2 heterocycles. The normalized spacial score (nSPS) is 18.3. The average molecular weight is 328 g/mol. The van der Waals surface area contributed by atoms with Gasteiger partial charge in [0.2, 0.25) is 12.7 Å². The Kier molecular flexibility index (Phi) is 3.75. The molecule has 2 aromatic rings. The zero-order chi connectivity index (χ0) is 15.6. The number of thiazole rings is 1. The number of anilines is 1. The number of carbonyl (C=O) groups is 1. The van der Waals surface area contributed by atoms with Crippen molar-refractivity contribution in [1.82, 2.24) is 4.98 Å². The van der Waals surface area contributed by atoms with Crippen LogP contribution < -0.4 is 14.8 Å². The van der Waals surface area contributed by atoms with E-state index in [9.17, 15) is 4.79 Å². The van der Waals surface area contributed by atoms with Crippen LogP contribution in [-0.2, 0) is 4.79 Å². The van der Waals surface area contributed by atoms with Crippen molar-refractivity contribution >= 4 is 22.4 Å². The Morgan fingerprint density at radius 1 is 1.35 bits per heavy atom. The highest BCUT2D eigenvalue weighted by atomic mass is 32.1. The number of nitrogens with zero attached hydrogens (tertiary/aromatic N) is 1. The highest BCUT2D eigenvalue weighted by molar-refractivity contribution is 7.14. The van der Waals surface area contributed by atoms with Gasteiger partial charge in [-0.15, -0.1) is 11.3 Å². The van der Waals surface area contributed by atoms with Gasteiger partial charge in [0.1, 0.15) is 0 Å². The molecule has 6 heteroatoms. The van der Waals surface area contributed by atoms with E-state index in [0.717, 1.165) is 35.6 Å². The van der Waals surface area contributed by atoms with Crippen LogP contribution in [0, 0.1) is 5.92 Å². The molecule has 4 rings (SSSR count). The molecule has 1 aliphatic heterocycles. The number of rotatable bonds is 4. The van der Waals surface area contributed by atoms with Gasteiger partial charge in [0.15, 0.2) is 16.6 Å². The fourth-order valence-corrected chi connectivity index (χ4v) is 3.53. The predicted molar refractivity (Wildman–Crippen MR) is 88.8 cm³/mol. The molecule has 118 valence electrons. The molecule has 1 aromatic carbocycles. The first-order valence-corrected chi connectivity index (χ1v) is 8.48. The molecule has 1 atom stereocenters.